The number of carbonyl (C=O) groups is 1. The third-order valence-corrected chi connectivity index (χ3v) is 6.33. The van der Waals surface area contributed by atoms with Crippen molar-refractivity contribution in [3.05, 3.63) is 46.9 Å². The molecular formula is C18H19N7OS. The van der Waals surface area contributed by atoms with E-state index >= 15 is 0 Å². The van der Waals surface area contributed by atoms with Crippen molar-refractivity contribution in [1.29, 1.82) is 0 Å². The van der Waals surface area contributed by atoms with E-state index in [-0.39, 0.29) is 5.91 Å². The Labute approximate surface area is 160 Å². The van der Waals surface area contributed by atoms with E-state index in [1.54, 1.807) is 22.7 Å². The second kappa shape index (κ2) is 6.41. The maximum Gasteiger partial charge on any atom is 0.265 e. The fourth-order valence-electron chi connectivity index (χ4n) is 4.04. The van der Waals surface area contributed by atoms with Gasteiger partial charge in [-0.1, -0.05) is 0 Å². The zero-order valence-corrected chi connectivity index (χ0v) is 15.7. The van der Waals surface area contributed by atoms with Gasteiger partial charge in [-0.15, -0.1) is 11.3 Å². The standard InChI is InChI=1S/C18H19N7OS/c1-12-17(27-11-21-12)18(26)24-8-13-6-23(7-14(13)9-24)15-5-16(20-10-19-15)25-4-2-3-22-25/h2-5,10-11,13-14H,6-9H2,1H3. The molecule has 0 spiro atoms. The largest absolute Gasteiger partial charge is 0.356 e. The minimum atomic E-state index is 0.124. The van der Waals surface area contributed by atoms with Crippen LogP contribution in [0.4, 0.5) is 5.82 Å². The fourth-order valence-corrected chi connectivity index (χ4v) is 4.81. The number of amides is 1. The van der Waals surface area contributed by atoms with Gasteiger partial charge in [0.25, 0.3) is 5.91 Å². The van der Waals surface area contributed by atoms with E-state index in [0.29, 0.717) is 11.8 Å². The molecule has 138 valence electrons. The van der Waals surface area contributed by atoms with Crippen molar-refractivity contribution < 1.29 is 4.79 Å². The van der Waals surface area contributed by atoms with E-state index in [9.17, 15) is 4.79 Å². The topological polar surface area (TPSA) is 80.0 Å². The Balaban J connectivity index is 1.28. The van der Waals surface area contributed by atoms with Crippen LogP contribution in [-0.4, -0.2) is 61.7 Å². The summed E-state index contributed by atoms with van der Waals surface area (Å²) in [5, 5.41) is 4.23. The van der Waals surface area contributed by atoms with Crippen LogP contribution in [0.15, 0.2) is 36.4 Å². The molecule has 1 amide bonds. The summed E-state index contributed by atoms with van der Waals surface area (Å²) < 4.78 is 1.74. The number of carbonyl (C=O) groups excluding carboxylic acids is 1. The molecule has 2 atom stereocenters. The minimum Gasteiger partial charge on any atom is -0.356 e. The number of thiazole rings is 1. The first-order chi connectivity index (χ1) is 13.2. The van der Waals surface area contributed by atoms with Crippen molar-refractivity contribution in [2.75, 3.05) is 31.1 Å². The van der Waals surface area contributed by atoms with Crippen molar-refractivity contribution >= 4 is 23.1 Å². The van der Waals surface area contributed by atoms with E-state index < -0.39 is 0 Å². The Bertz CT molecular complexity index is 956. The second-order valence-electron chi connectivity index (χ2n) is 7.09. The summed E-state index contributed by atoms with van der Waals surface area (Å²) in [5.41, 5.74) is 2.57. The number of aromatic nitrogens is 5. The van der Waals surface area contributed by atoms with Crippen molar-refractivity contribution in [2.24, 2.45) is 11.8 Å². The van der Waals surface area contributed by atoms with Gasteiger partial charge in [0.15, 0.2) is 5.82 Å². The van der Waals surface area contributed by atoms with Crippen molar-refractivity contribution in [3.8, 4) is 5.82 Å². The molecule has 9 heteroatoms. The number of likely N-dealkylation sites (tertiary alicyclic amines) is 1. The van der Waals surface area contributed by atoms with Crippen LogP contribution in [0.2, 0.25) is 0 Å². The summed E-state index contributed by atoms with van der Waals surface area (Å²) in [4.78, 5) is 30.8. The van der Waals surface area contributed by atoms with Crippen molar-refractivity contribution in [1.82, 2.24) is 29.6 Å². The molecule has 2 saturated heterocycles. The number of nitrogens with zero attached hydrogens (tertiary/aromatic N) is 7. The molecule has 2 aliphatic rings. The quantitative estimate of drug-likeness (QED) is 0.686. The van der Waals surface area contributed by atoms with E-state index in [4.69, 9.17) is 0 Å². The lowest BCUT2D eigenvalue weighted by atomic mass is 10.0. The Kier molecular flexibility index (Phi) is 3.89. The van der Waals surface area contributed by atoms with Crippen LogP contribution < -0.4 is 4.90 Å². The second-order valence-corrected chi connectivity index (χ2v) is 7.94. The van der Waals surface area contributed by atoms with Gasteiger partial charge in [0, 0.05) is 56.5 Å². The first kappa shape index (κ1) is 16.4. The Morgan fingerprint density at radius 2 is 1.89 bits per heavy atom. The number of anilines is 1. The van der Waals surface area contributed by atoms with Gasteiger partial charge in [0.1, 0.15) is 17.0 Å². The number of fused-ring (bicyclic) bond motifs is 1. The minimum absolute atomic E-state index is 0.124. The van der Waals surface area contributed by atoms with E-state index in [1.807, 2.05) is 30.2 Å². The summed E-state index contributed by atoms with van der Waals surface area (Å²) in [7, 11) is 0. The molecule has 0 aliphatic carbocycles. The average molecular weight is 381 g/mol. The number of rotatable bonds is 3. The zero-order valence-electron chi connectivity index (χ0n) is 14.9. The smallest absolute Gasteiger partial charge is 0.265 e. The molecule has 0 aromatic carbocycles. The van der Waals surface area contributed by atoms with Crippen LogP contribution in [0.1, 0.15) is 15.4 Å². The van der Waals surface area contributed by atoms with Gasteiger partial charge in [0.2, 0.25) is 0 Å². The Morgan fingerprint density at radius 1 is 1.11 bits per heavy atom. The molecule has 3 aromatic heterocycles. The van der Waals surface area contributed by atoms with Crippen LogP contribution in [0.25, 0.3) is 5.82 Å². The number of hydrogen-bond donors (Lipinski definition) is 0. The van der Waals surface area contributed by atoms with E-state index in [1.165, 1.54) is 11.3 Å². The lowest BCUT2D eigenvalue weighted by Gasteiger charge is -2.22. The SMILES string of the molecule is Cc1ncsc1C(=O)N1CC2CN(c3cc(-n4cccn4)ncn3)CC2C1. The predicted molar refractivity (Wildman–Crippen MR) is 101 cm³/mol. The molecule has 5 heterocycles. The molecule has 0 saturated carbocycles. The molecule has 5 rings (SSSR count). The molecule has 2 aliphatic heterocycles. The summed E-state index contributed by atoms with van der Waals surface area (Å²) in [6.07, 6.45) is 5.19. The highest BCUT2D eigenvalue weighted by Gasteiger charge is 2.42. The molecule has 0 radical (unpaired) electrons. The van der Waals surface area contributed by atoms with Gasteiger partial charge in [-0.3, -0.25) is 4.79 Å². The normalized spacial score (nSPS) is 21.7. The summed E-state index contributed by atoms with van der Waals surface area (Å²) in [5.74, 6) is 2.76. The molecule has 0 bridgehead atoms. The zero-order chi connectivity index (χ0) is 18.4. The van der Waals surface area contributed by atoms with Gasteiger partial charge in [0.05, 0.1) is 11.2 Å². The first-order valence-corrected chi connectivity index (χ1v) is 9.83. The molecule has 27 heavy (non-hydrogen) atoms. The van der Waals surface area contributed by atoms with Crippen LogP contribution in [0, 0.1) is 18.8 Å². The number of hydrogen-bond acceptors (Lipinski definition) is 7. The number of aryl methyl sites for hydroxylation is 1. The predicted octanol–water partition coefficient (Wildman–Crippen LogP) is 1.64. The monoisotopic (exact) mass is 381 g/mol. The fraction of sp³-hybridized carbons (Fsp3) is 0.389. The summed E-state index contributed by atoms with van der Waals surface area (Å²) in [6.45, 7) is 5.31. The highest BCUT2D eigenvalue weighted by Crippen LogP contribution is 2.34. The van der Waals surface area contributed by atoms with Crippen molar-refractivity contribution in [2.45, 2.75) is 6.92 Å². The van der Waals surface area contributed by atoms with Gasteiger partial charge >= 0.3 is 0 Å². The van der Waals surface area contributed by atoms with Gasteiger partial charge in [-0.05, 0) is 13.0 Å². The highest BCUT2D eigenvalue weighted by atomic mass is 32.1. The third kappa shape index (κ3) is 2.87. The molecule has 0 N–H and O–H groups in total. The molecular weight excluding hydrogens is 362 g/mol. The summed E-state index contributed by atoms with van der Waals surface area (Å²) in [6, 6.07) is 3.84. The molecule has 2 unspecified atom stereocenters. The average Bonchev–Trinajstić information content (AvgIpc) is 3.44. The summed E-state index contributed by atoms with van der Waals surface area (Å²) >= 11 is 1.43. The first-order valence-electron chi connectivity index (χ1n) is 8.95. The molecule has 3 aromatic rings. The molecule has 2 fully saturated rings. The maximum absolute atomic E-state index is 12.7. The van der Waals surface area contributed by atoms with Crippen LogP contribution in [0.5, 0.6) is 0 Å². The van der Waals surface area contributed by atoms with Crippen LogP contribution in [-0.2, 0) is 0 Å². The highest BCUT2D eigenvalue weighted by molar-refractivity contribution is 7.11. The van der Waals surface area contributed by atoms with Crippen LogP contribution >= 0.6 is 11.3 Å². The van der Waals surface area contributed by atoms with Crippen LogP contribution in [0.3, 0.4) is 0 Å². The third-order valence-electron chi connectivity index (χ3n) is 5.41. The maximum atomic E-state index is 12.7. The molecule has 8 nitrogen and oxygen atoms in total. The van der Waals surface area contributed by atoms with Gasteiger partial charge < -0.3 is 9.80 Å². The lowest BCUT2D eigenvalue weighted by molar-refractivity contribution is 0.0786. The Hall–Kier alpha value is -2.81. The lowest BCUT2D eigenvalue weighted by Crippen LogP contribution is -2.33. The van der Waals surface area contributed by atoms with Gasteiger partial charge in [-0.25, -0.2) is 19.6 Å². The Morgan fingerprint density at radius 3 is 2.56 bits per heavy atom. The van der Waals surface area contributed by atoms with E-state index in [0.717, 1.165) is 48.4 Å². The van der Waals surface area contributed by atoms with E-state index in [2.05, 4.69) is 25.0 Å². The van der Waals surface area contributed by atoms with Gasteiger partial charge in [-0.2, -0.15) is 5.10 Å². The van der Waals surface area contributed by atoms with Crippen molar-refractivity contribution in [3.63, 3.8) is 0 Å².